The number of ether oxygens (including phenoxy) is 2. The summed E-state index contributed by atoms with van der Waals surface area (Å²) in [6.45, 7) is 1.03. The average Bonchev–Trinajstić information content (AvgIpc) is 3.12. The number of benzene rings is 3. The minimum absolute atomic E-state index is 0.262. The van der Waals surface area contributed by atoms with E-state index in [2.05, 4.69) is 10.6 Å². The van der Waals surface area contributed by atoms with Crippen LogP contribution in [-0.2, 0) is 15.1 Å². The molecule has 9 heteroatoms. The van der Waals surface area contributed by atoms with Crippen molar-refractivity contribution in [2.24, 2.45) is 0 Å². The number of urea groups is 1. The molecule has 0 bridgehead atoms. The van der Waals surface area contributed by atoms with Crippen LogP contribution < -0.4 is 20.1 Å². The van der Waals surface area contributed by atoms with Crippen molar-refractivity contribution in [2.75, 3.05) is 26.1 Å². The molecule has 3 aromatic carbocycles. The molecule has 0 saturated carbocycles. The maximum atomic E-state index is 13.3. The number of hydrogen-bond acceptors (Lipinski definition) is 6. The van der Waals surface area contributed by atoms with E-state index < -0.39 is 29.9 Å². The third-order valence-electron chi connectivity index (χ3n) is 6.02. The van der Waals surface area contributed by atoms with Crippen molar-refractivity contribution in [3.63, 3.8) is 0 Å². The van der Waals surface area contributed by atoms with Gasteiger partial charge >= 0.3 is 6.03 Å². The van der Waals surface area contributed by atoms with Gasteiger partial charge in [-0.25, -0.2) is 4.79 Å². The maximum Gasteiger partial charge on any atom is 0.325 e. The number of ketones is 1. The summed E-state index contributed by atoms with van der Waals surface area (Å²) >= 11 is 0. The number of carbonyl (C=O) groups is 4. The fourth-order valence-corrected chi connectivity index (χ4v) is 4.05. The van der Waals surface area contributed by atoms with Crippen molar-refractivity contribution in [1.29, 1.82) is 0 Å². The van der Waals surface area contributed by atoms with Gasteiger partial charge in [0.15, 0.2) is 17.3 Å². The molecule has 0 aliphatic carbocycles. The molecule has 1 atom stereocenters. The topological polar surface area (TPSA) is 114 Å². The highest BCUT2D eigenvalue weighted by Crippen LogP contribution is 2.35. The van der Waals surface area contributed by atoms with E-state index in [4.69, 9.17) is 9.47 Å². The molecule has 0 aromatic heterocycles. The third kappa shape index (κ3) is 4.50. The Labute approximate surface area is 208 Å². The molecule has 0 spiro atoms. The molecule has 1 fully saturated rings. The minimum atomic E-state index is -1.40. The highest BCUT2D eigenvalue weighted by atomic mass is 16.5. The van der Waals surface area contributed by atoms with Gasteiger partial charge < -0.3 is 20.1 Å². The number of imide groups is 1. The van der Waals surface area contributed by atoms with Gasteiger partial charge in [-0.15, -0.1) is 0 Å². The van der Waals surface area contributed by atoms with Gasteiger partial charge in [0.1, 0.15) is 12.1 Å². The highest BCUT2D eigenvalue weighted by Gasteiger charge is 2.49. The Balaban J connectivity index is 1.52. The SMILES string of the molecule is COc1ccc(C2(C)NC(=O)N(CC(=O)Nc3ccccc3C(=O)c3ccccc3)C2=O)cc1OC. The number of para-hydroxylation sites is 1. The number of nitrogens with one attached hydrogen (secondary N) is 2. The van der Waals surface area contributed by atoms with E-state index in [0.717, 1.165) is 4.90 Å². The van der Waals surface area contributed by atoms with Crippen LogP contribution in [0.25, 0.3) is 0 Å². The van der Waals surface area contributed by atoms with E-state index in [1.54, 1.807) is 79.7 Å². The Bertz CT molecular complexity index is 1340. The Kier molecular flexibility index (Phi) is 6.73. The molecule has 4 rings (SSSR count). The molecule has 2 N–H and O–H groups in total. The summed E-state index contributed by atoms with van der Waals surface area (Å²) in [7, 11) is 2.96. The summed E-state index contributed by atoms with van der Waals surface area (Å²) in [6, 6.07) is 19.4. The van der Waals surface area contributed by atoms with Gasteiger partial charge in [0.25, 0.3) is 5.91 Å². The Morgan fingerprint density at radius 3 is 2.28 bits per heavy atom. The normalized spacial score (nSPS) is 16.9. The van der Waals surface area contributed by atoms with Crippen molar-refractivity contribution in [3.05, 3.63) is 89.5 Å². The lowest BCUT2D eigenvalue weighted by molar-refractivity contribution is -0.133. The number of hydrogen-bond donors (Lipinski definition) is 2. The monoisotopic (exact) mass is 487 g/mol. The van der Waals surface area contributed by atoms with Crippen molar-refractivity contribution >= 4 is 29.3 Å². The first kappa shape index (κ1) is 24.5. The molecule has 1 aliphatic heterocycles. The fraction of sp³-hybridized carbons (Fsp3) is 0.185. The van der Waals surface area contributed by atoms with Gasteiger partial charge in [0.2, 0.25) is 5.91 Å². The zero-order chi connectivity index (χ0) is 25.9. The van der Waals surface area contributed by atoms with Gasteiger partial charge in [0, 0.05) is 11.1 Å². The predicted octanol–water partition coefficient (Wildman–Crippen LogP) is 3.34. The number of amides is 4. The van der Waals surface area contributed by atoms with E-state index in [1.807, 2.05) is 0 Å². The quantitative estimate of drug-likeness (QED) is 0.372. The average molecular weight is 488 g/mol. The largest absolute Gasteiger partial charge is 0.493 e. The van der Waals surface area contributed by atoms with E-state index in [0.29, 0.717) is 28.2 Å². The molecule has 9 nitrogen and oxygen atoms in total. The van der Waals surface area contributed by atoms with E-state index in [-0.39, 0.29) is 11.5 Å². The molecule has 1 unspecified atom stereocenters. The highest BCUT2D eigenvalue weighted by molar-refractivity contribution is 6.15. The van der Waals surface area contributed by atoms with E-state index >= 15 is 0 Å². The first-order chi connectivity index (χ1) is 17.3. The zero-order valence-corrected chi connectivity index (χ0v) is 20.0. The molecule has 184 valence electrons. The van der Waals surface area contributed by atoms with Crippen LogP contribution in [0.4, 0.5) is 10.5 Å². The lowest BCUT2D eigenvalue weighted by Crippen LogP contribution is -2.42. The van der Waals surface area contributed by atoms with Crippen LogP contribution in [0.5, 0.6) is 11.5 Å². The molecule has 1 heterocycles. The lowest BCUT2D eigenvalue weighted by atomic mass is 9.91. The van der Waals surface area contributed by atoms with Gasteiger partial charge in [-0.3, -0.25) is 19.3 Å². The number of rotatable bonds is 8. The second kappa shape index (κ2) is 9.91. The Morgan fingerprint density at radius 1 is 0.917 bits per heavy atom. The first-order valence-corrected chi connectivity index (χ1v) is 11.1. The summed E-state index contributed by atoms with van der Waals surface area (Å²) < 4.78 is 10.5. The van der Waals surface area contributed by atoms with E-state index in [1.165, 1.54) is 14.2 Å². The second-order valence-electron chi connectivity index (χ2n) is 8.31. The zero-order valence-electron chi connectivity index (χ0n) is 20.0. The molecule has 1 aliphatic rings. The van der Waals surface area contributed by atoms with Crippen LogP contribution in [0, 0.1) is 0 Å². The molecular formula is C27H25N3O6. The van der Waals surface area contributed by atoms with Gasteiger partial charge in [-0.05, 0) is 36.8 Å². The van der Waals surface area contributed by atoms with Crippen molar-refractivity contribution in [2.45, 2.75) is 12.5 Å². The first-order valence-electron chi connectivity index (χ1n) is 11.1. The maximum absolute atomic E-state index is 13.3. The van der Waals surface area contributed by atoms with Crippen molar-refractivity contribution in [3.8, 4) is 11.5 Å². The summed E-state index contributed by atoms with van der Waals surface area (Å²) in [6.07, 6.45) is 0. The summed E-state index contributed by atoms with van der Waals surface area (Å²) in [4.78, 5) is 52.6. The standard InChI is InChI=1S/C27H25N3O6/c1-27(18-13-14-21(35-2)22(15-18)36-3)25(33)30(26(34)29-27)16-23(31)28-20-12-8-7-11-19(20)24(32)17-9-5-4-6-10-17/h4-15H,16H2,1-3H3,(H,28,31)(H,29,34). The van der Waals surface area contributed by atoms with Crippen molar-refractivity contribution in [1.82, 2.24) is 10.2 Å². The number of carbonyl (C=O) groups excluding carboxylic acids is 4. The fourth-order valence-electron chi connectivity index (χ4n) is 4.05. The van der Waals surface area contributed by atoms with Crippen LogP contribution in [0.15, 0.2) is 72.8 Å². The molecule has 1 saturated heterocycles. The van der Waals surface area contributed by atoms with E-state index in [9.17, 15) is 19.2 Å². The van der Waals surface area contributed by atoms with Crippen LogP contribution >= 0.6 is 0 Å². The lowest BCUT2D eigenvalue weighted by Gasteiger charge is -2.23. The predicted molar refractivity (Wildman–Crippen MR) is 132 cm³/mol. The van der Waals surface area contributed by atoms with Crippen molar-refractivity contribution < 1.29 is 28.7 Å². The number of nitrogens with zero attached hydrogens (tertiary/aromatic N) is 1. The van der Waals surface area contributed by atoms with Gasteiger partial charge in [-0.1, -0.05) is 48.5 Å². The summed E-state index contributed by atoms with van der Waals surface area (Å²) in [5, 5.41) is 5.32. The van der Waals surface area contributed by atoms with Gasteiger partial charge in [0.05, 0.1) is 19.9 Å². The smallest absolute Gasteiger partial charge is 0.325 e. The number of methoxy groups -OCH3 is 2. The Hall–Kier alpha value is -4.66. The second-order valence-corrected chi connectivity index (χ2v) is 8.31. The molecule has 4 amide bonds. The van der Waals surface area contributed by atoms with Crippen LogP contribution in [0.2, 0.25) is 0 Å². The van der Waals surface area contributed by atoms with Gasteiger partial charge in [-0.2, -0.15) is 0 Å². The molecule has 36 heavy (non-hydrogen) atoms. The van der Waals surface area contributed by atoms with Crippen LogP contribution in [-0.4, -0.2) is 49.3 Å². The number of anilines is 1. The van der Waals surface area contributed by atoms with Crippen LogP contribution in [0.3, 0.4) is 0 Å². The third-order valence-corrected chi connectivity index (χ3v) is 6.02. The summed E-state index contributed by atoms with van der Waals surface area (Å²) in [5.41, 5.74) is 0.118. The minimum Gasteiger partial charge on any atom is -0.493 e. The Morgan fingerprint density at radius 2 is 1.58 bits per heavy atom. The molecule has 0 radical (unpaired) electrons. The van der Waals surface area contributed by atoms with Crippen LogP contribution in [0.1, 0.15) is 28.4 Å². The molecule has 3 aromatic rings. The molecular weight excluding hydrogens is 462 g/mol. The summed E-state index contributed by atoms with van der Waals surface area (Å²) in [5.74, 6) is -0.606.